The molecule has 1 heterocycles. The summed E-state index contributed by atoms with van der Waals surface area (Å²) >= 11 is 0. The quantitative estimate of drug-likeness (QED) is 0.288. The Kier molecular flexibility index (Phi) is 11.0. The van der Waals surface area contributed by atoms with Crippen LogP contribution >= 0.6 is 24.0 Å². The highest BCUT2D eigenvalue weighted by Gasteiger charge is 2.13. The maximum atomic E-state index is 10.3. The van der Waals surface area contributed by atoms with Gasteiger partial charge in [-0.3, -0.25) is 0 Å². The molecule has 7 heteroatoms. The fourth-order valence-electron chi connectivity index (χ4n) is 2.79. The molecule has 0 spiro atoms. The van der Waals surface area contributed by atoms with E-state index in [2.05, 4.69) is 34.6 Å². The van der Waals surface area contributed by atoms with E-state index in [0.717, 1.165) is 42.0 Å². The van der Waals surface area contributed by atoms with Gasteiger partial charge in [-0.1, -0.05) is 49.3 Å². The zero-order chi connectivity index (χ0) is 18.8. The monoisotopic (exact) mass is 486 g/mol. The molecule has 2 rings (SSSR count). The summed E-state index contributed by atoms with van der Waals surface area (Å²) in [5, 5.41) is 20.8. The Morgan fingerprint density at radius 1 is 1.15 bits per heavy atom. The second-order valence-corrected chi connectivity index (χ2v) is 6.16. The average molecular weight is 486 g/mol. The van der Waals surface area contributed by atoms with E-state index in [1.807, 2.05) is 37.3 Å². The number of benzene rings is 1. The summed E-state index contributed by atoms with van der Waals surface area (Å²) in [7, 11) is 0. The number of aliphatic hydroxyl groups is 1. The number of nitrogens with one attached hydrogen (secondary N) is 2. The number of aliphatic hydroxyl groups excluding tert-OH is 1. The molecule has 3 N–H and O–H groups in total. The largest absolute Gasteiger partial charge is 0.391 e. The van der Waals surface area contributed by atoms with Crippen LogP contribution in [0, 0.1) is 0 Å². The highest BCUT2D eigenvalue weighted by Crippen LogP contribution is 2.16. The van der Waals surface area contributed by atoms with Crippen molar-refractivity contribution in [1.82, 2.24) is 15.8 Å². The minimum Gasteiger partial charge on any atom is -0.391 e. The molecule has 0 aliphatic rings. The summed E-state index contributed by atoms with van der Waals surface area (Å²) in [6, 6.07) is 9.98. The van der Waals surface area contributed by atoms with E-state index >= 15 is 0 Å². The van der Waals surface area contributed by atoms with Gasteiger partial charge in [0.2, 0.25) is 0 Å². The summed E-state index contributed by atoms with van der Waals surface area (Å²) in [5.74, 6) is 1.58. The van der Waals surface area contributed by atoms with E-state index in [4.69, 9.17) is 4.52 Å². The fraction of sp³-hybridized carbons (Fsp3) is 0.500. The van der Waals surface area contributed by atoms with E-state index in [1.165, 1.54) is 0 Å². The molecule has 0 aliphatic heterocycles. The maximum absolute atomic E-state index is 10.3. The Morgan fingerprint density at radius 2 is 1.89 bits per heavy atom. The molecule has 0 radical (unpaired) electrons. The van der Waals surface area contributed by atoms with Crippen LogP contribution in [-0.2, 0) is 25.8 Å². The number of hydrogen-bond acceptors (Lipinski definition) is 4. The van der Waals surface area contributed by atoms with Gasteiger partial charge in [0.15, 0.2) is 5.96 Å². The van der Waals surface area contributed by atoms with Crippen molar-refractivity contribution in [3.8, 4) is 0 Å². The molecule has 0 bridgehead atoms. The van der Waals surface area contributed by atoms with Crippen LogP contribution < -0.4 is 10.6 Å². The zero-order valence-electron chi connectivity index (χ0n) is 16.4. The summed E-state index contributed by atoms with van der Waals surface area (Å²) in [4.78, 5) is 4.64. The molecular formula is C20H31IN4O2. The first-order chi connectivity index (χ1) is 12.7. The van der Waals surface area contributed by atoms with Crippen LogP contribution in [-0.4, -0.2) is 35.4 Å². The second kappa shape index (κ2) is 12.7. The van der Waals surface area contributed by atoms with Gasteiger partial charge in [-0.15, -0.1) is 24.0 Å². The van der Waals surface area contributed by atoms with Crippen LogP contribution in [0.15, 0.2) is 39.8 Å². The molecule has 150 valence electrons. The third-order valence-corrected chi connectivity index (χ3v) is 4.17. The van der Waals surface area contributed by atoms with Crippen LogP contribution in [0.1, 0.15) is 43.4 Å². The van der Waals surface area contributed by atoms with Gasteiger partial charge in [0.25, 0.3) is 0 Å². The van der Waals surface area contributed by atoms with Crippen molar-refractivity contribution in [3.05, 3.63) is 52.9 Å². The summed E-state index contributed by atoms with van der Waals surface area (Å²) in [6.45, 7) is 7.84. The van der Waals surface area contributed by atoms with Crippen LogP contribution in [0.25, 0.3) is 0 Å². The third-order valence-electron chi connectivity index (χ3n) is 4.17. The molecule has 1 aromatic heterocycles. The van der Waals surface area contributed by atoms with E-state index in [9.17, 15) is 5.11 Å². The van der Waals surface area contributed by atoms with Crippen molar-refractivity contribution in [2.24, 2.45) is 4.99 Å². The Bertz CT molecular complexity index is 667. The number of halogens is 1. The van der Waals surface area contributed by atoms with E-state index in [0.29, 0.717) is 25.5 Å². The number of aliphatic imine (C=N–C) groups is 1. The summed E-state index contributed by atoms with van der Waals surface area (Å²) in [5.41, 5.74) is 3.15. The summed E-state index contributed by atoms with van der Waals surface area (Å²) in [6.07, 6.45) is 1.76. The smallest absolute Gasteiger partial charge is 0.191 e. The van der Waals surface area contributed by atoms with Gasteiger partial charge in [0, 0.05) is 31.5 Å². The first-order valence-electron chi connectivity index (χ1n) is 9.38. The lowest BCUT2D eigenvalue weighted by molar-refractivity contribution is 0.177. The van der Waals surface area contributed by atoms with Crippen LogP contribution in [0.3, 0.4) is 0 Å². The second-order valence-electron chi connectivity index (χ2n) is 6.16. The Hall–Kier alpha value is -1.61. The van der Waals surface area contributed by atoms with Crippen molar-refractivity contribution in [2.75, 3.05) is 13.1 Å². The minimum absolute atomic E-state index is 0. The first-order valence-corrected chi connectivity index (χ1v) is 9.38. The molecule has 6 nitrogen and oxygen atoms in total. The number of aryl methyl sites for hydroxylation is 2. The Labute approximate surface area is 178 Å². The topological polar surface area (TPSA) is 82.7 Å². The molecule has 0 saturated carbocycles. The van der Waals surface area contributed by atoms with Crippen molar-refractivity contribution in [2.45, 2.75) is 52.7 Å². The van der Waals surface area contributed by atoms with Gasteiger partial charge in [-0.05, 0) is 18.9 Å². The van der Waals surface area contributed by atoms with E-state index in [1.54, 1.807) is 0 Å². The minimum atomic E-state index is -0.478. The van der Waals surface area contributed by atoms with Crippen molar-refractivity contribution < 1.29 is 9.63 Å². The zero-order valence-corrected chi connectivity index (χ0v) is 18.7. The number of aromatic nitrogens is 1. The van der Waals surface area contributed by atoms with Gasteiger partial charge in [0.1, 0.15) is 5.76 Å². The maximum Gasteiger partial charge on any atom is 0.191 e. The van der Waals surface area contributed by atoms with E-state index in [-0.39, 0.29) is 24.0 Å². The predicted molar refractivity (Wildman–Crippen MR) is 120 cm³/mol. The number of rotatable bonds is 9. The average Bonchev–Trinajstić information content (AvgIpc) is 3.06. The van der Waals surface area contributed by atoms with Crippen LogP contribution in [0.4, 0.5) is 0 Å². The van der Waals surface area contributed by atoms with Crippen molar-refractivity contribution in [1.29, 1.82) is 0 Å². The van der Waals surface area contributed by atoms with Gasteiger partial charge in [-0.2, -0.15) is 0 Å². The predicted octanol–water partition coefficient (Wildman–Crippen LogP) is 3.08. The molecule has 1 atom stereocenters. The molecule has 0 aliphatic carbocycles. The molecule has 0 fully saturated rings. The van der Waals surface area contributed by atoms with Gasteiger partial charge >= 0.3 is 0 Å². The Morgan fingerprint density at radius 3 is 2.52 bits per heavy atom. The highest BCUT2D eigenvalue weighted by molar-refractivity contribution is 14.0. The summed E-state index contributed by atoms with van der Waals surface area (Å²) < 4.78 is 5.39. The lowest BCUT2D eigenvalue weighted by atomic mass is 10.1. The normalized spacial score (nSPS) is 12.4. The molecule has 1 unspecified atom stereocenters. The van der Waals surface area contributed by atoms with Gasteiger partial charge in [-0.25, -0.2) is 4.99 Å². The third kappa shape index (κ3) is 7.50. The molecule has 0 amide bonds. The van der Waals surface area contributed by atoms with Gasteiger partial charge < -0.3 is 20.3 Å². The SMILES string of the molecule is CCNC(=NCc1c(CC)noc1CC)NCC(O)Cc1ccccc1.I. The van der Waals surface area contributed by atoms with Gasteiger partial charge in [0.05, 0.1) is 18.3 Å². The number of guanidine groups is 1. The fourth-order valence-corrected chi connectivity index (χ4v) is 2.79. The highest BCUT2D eigenvalue weighted by atomic mass is 127. The van der Waals surface area contributed by atoms with E-state index < -0.39 is 6.10 Å². The number of nitrogens with zero attached hydrogens (tertiary/aromatic N) is 2. The molecular weight excluding hydrogens is 455 g/mol. The molecule has 1 aromatic carbocycles. The Balaban J connectivity index is 0.00000364. The lowest BCUT2D eigenvalue weighted by Crippen LogP contribution is -2.41. The van der Waals surface area contributed by atoms with Crippen LogP contribution in [0.5, 0.6) is 0 Å². The first kappa shape index (κ1) is 23.4. The van der Waals surface area contributed by atoms with Crippen molar-refractivity contribution in [3.63, 3.8) is 0 Å². The lowest BCUT2D eigenvalue weighted by Gasteiger charge is -2.15. The number of hydrogen-bond donors (Lipinski definition) is 3. The van der Waals surface area contributed by atoms with Crippen molar-refractivity contribution >= 4 is 29.9 Å². The van der Waals surface area contributed by atoms with Crippen LogP contribution in [0.2, 0.25) is 0 Å². The molecule has 2 aromatic rings. The molecule has 27 heavy (non-hydrogen) atoms. The molecule has 0 saturated heterocycles. The standard InChI is InChI=1S/C20H30N4O2.HI/c1-4-18-17(19(5-2)26-24-18)14-23-20(21-6-3)22-13-16(25)12-15-10-8-7-9-11-15;/h7-11,16,25H,4-6,12-14H2,1-3H3,(H2,21,22,23);1H.